The SMILES string of the molecule is CN1C(=O)NN=C2COc3cc(-c4ccccc4)c(NC4(C)CN(C(c5ccccc5)c5ccccc5)C4)cc3C21. The number of nitrogens with zero attached hydrogens (tertiary/aromatic N) is 3. The number of hydrogen-bond donors (Lipinski definition) is 2. The predicted molar refractivity (Wildman–Crippen MR) is 162 cm³/mol. The number of likely N-dealkylation sites (tertiary alicyclic amines) is 1. The number of carbonyl (C=O) groups excluding carboxylic acids is 1. The number of ether oxygens (including phenoxy) is 1. The van der Waals surface area contributed by atoms with Crippen LogP contribution in [0.4, 0.5) is 10.5 Å². The first kappa shape index (κ1) is 25.4. The first-order valence-electron chi connectivity index (χ1n) is 14.1. The zero-order chi connectivity index (χ0) is 28.0. The normalized spacial score (nSPS) is 19.3. The Balaban J connectivity index is 1.23. The Labute approximate surface area is 240 Å². The second-order valence-electron chi connectivity index (χ2n) is 11.4. The van der Waals surface area contributed by atoms with Crippen LogP contribution in [0.2, 0.25) is 0 Å². The molecule has 206 valence electrons. The highest BCUT2D eigenvalue weighted by Gasteiger charge is 2.44. The summed E-state index contributed by atoms with van der Waals surface area (Å²) >= 11 is 0. The first-order chi connectivity index (χ1) is 20.0. The number of benzene rings is 4. The van der Waals surface area contributed by atoms with E-state index < -0.39 is 0 Å². The molecule has 0 saturated carbocycles. The Bertz CT molecular complexity index is 1560. The molecule has 7 rings (SSSR count). The maximum Gasteiger partial charge on any atom is 0.338 e. The van der Waals surface area contributed by atoms with Crippen molar-refractivity contribution >= 4 is 17.4 Å². The molecule has 4 aromatic rings. The summed E-state index contributed by atoms with van der Waals surface area (Å²) in [5, 5.41) is 8.23. The topological polar surface area (TPSA) is 69.2 Å². The molecule has 4 aromatic carbocycles. The second kappa shape index (κ2) is 10.1. The van der Waals surface area contributed by atoms with Crippen LogP contribution in [0.5, 0.6) is 5.75 Å². The molecule has 2 N–H and O–H groups in total. The van der Waals surface area contributed by atoms with Gasteiger partial charge in [-0.05, 0) is 35.7 Å². The Morgan fingerprint density at radius 2 is 1.54 bits per heavy atom. The number of anilines is 1. The van der Waals surface area contributed by atoms with Crippen molar-refractivity contribution in [3.8, 4) is 16.9 Å². The van der Waals surface area contributed by atoms with Crippen LogP contribution in [-0.2, 0) is 0 Å². The highest BCUT2D eigenvalue weighted by Crippen LogP contribution is 2.44. The van der Waals surface area contributed by atoms with Crippen LogP contribution in [0.3, 0.4) is 0 Å². The summed E-state index contributed by atoms with van der Waals surface area (Å²) in [6, 6.07) is 35.8. The van der Waals surface area contributed by atoms with E-state index in [9.17, 15) is 4.79 Å². The lowest BCUT2D eigenvalue weighted by Crippen LogP contribution is -2.64. The predicted octanol–water partition coefficient (Wildman–Crippen LogP) is 6.07. The largest absolute Gasteiger partial charge is 0.487 e. The van der Waals surface area contributed by atoms with Gasteiger partial charge in [0.25, 0.3) is 0 Å². The van der Waals surface area contributed by atoms with Crippen LogP contribution in [0, 0.1) is 0 Å². The van der Waals surface area contributed by atoms with E-state index in [1.807, 2.05) is 6.07 Å². The minimum Gasteiger partial charge on any atom is -0.487 e. The molecular weight excluding hydrogens is 510 g/mol. The zero-order valence-electron chi connectivity index (χ0n) is 23.2. The zero-order valence-corrected chi connectivity index (χ0v) is 23.2. The summed E-state index contributed by atoms with van der Waals surface area (Å²) in [5.41, 5.74) is 9.98. The number of nitrogens with one attached hydrogen (secondary N) is 2. The van der Waals surface area contributed by atoms with Crippen molar-refractivity contribution in [2.24, 2.45) is 5.10 Å². The molecule has 0 radical (unpaired) electrons. The third-order valence-corrected chi connectivity index (χ3v) is 8.36. The third kappa shape index (κ3) is 4.62. The molecule has 1 atom stereocenters. The van der Waals surface area contributed by atoms with Gasteiger partial charge in [-0.2, -0.15) is 5.10 Å². The molecule has 2 amide bonds. The molecule has 1 fully saturated rings. The van der Waals surface area contributed by atoms with Gasteiger partial charge in [-0.15, -0.1) is 0 Å². The van der Waals surface area contributed by atoms with Crippen molar-refractivity contribution in [1.82, 2.24) is 15.2 Å². The van der Waals surface area contributed by atoms with Crippen molar-refractivity contribution in [2.45, 2.75) is 24.5 Å². The molecule has 41 heavy (non-hydrogen) atoms. The van der Waals surface area contributed by atoms with Gasteiger partial charge in [0.1, 0.15) is 24.1 Å². The van der Waals surface area contributed by atoms with Crippen molar-refractivity contribution in [3.63, 3.8) is 0 Å². The van der Waals surface area contributed by atoms with Crippen LogP contribution >= 0.6 is 0 Å². The molecule has 1 unspecified atom stereocenters. The van der Waals surface area contributed by atoms with E-state index in [0.29, 0.717) is 6.61 Å². The fourth-order valence-corrected chi connectivity index (χ4v) is 6.47. The quantitative estimate of drug-likeness (QED) is 0.310. The Morgan fingerprint density at radius 1 is 0.927 bits per heavy atom. The lowest BCUT2D eigenvalue weighted by molar-refractivity contribution is 0.0673. The fraction of sp³-hybridized carbons (Fsp3) is 0.235. The summed E-state index contributed by atoms with van der Waals surface area (Å²) in [5.74, 6) is 0.786. The van der Waals surface area contributed by atoms with E-state index in [2.05, 4.69) is 125 Å². The highest BCUT2D eigenvalue weighted by molar-refractivity contribution is 6.00. The first-order valence-corrected chi connectivity index (χ1v) is 14.1. The van der Waals surface area contributed by atoms with Crippen molar-refractivity contribution < 1.29 is 9.53 Å². The lowest BCUT2D eigenvalue weighted by atomic mass is 9.85. The average molecular weight is 544 g/mol. The number of urea groups is 1. The summed E-state index contributed by atoms with van der Waals surface area (Å²) in [6.45, 7) is 4.38. The van der Waals surface area contributed by atoms with Gasteiger partial charge in [-0.1, -0.05) is 91.0 Å². The number of amides is 2. The van der Waals surface area contributed by atoms with E-state index in [0.717, 1.165) is 46.9 Å². The van der Waals surface area contributed by atoms with Gasteiger partial charge in [0, 0.05) is 37.0 Å². The molecule has 0 aromatic heterocycles. The van der Waals surface area contributed by atoms with Crippen molar-refractivity contribution in [2.75, 3.05) is 32.1 Å². The van der Waals surface area contributed by atoms with Gasteiger partial charge < -0.3 is 15.0 Å². The molecule has 3 aliphatic heterocycles. The molecule has 0 spiro atoms. The van der Waals surface area contributed by atoms with Gasteiger partial charge in [-0.3, -0.25) is 4.90 Å². The number of hydrazone groups is 1. The fourth-order valence-electron chi connectivity index (χ4n) is 6.47. The second-order valence-corrected chi connectivity index (χ2v) is 11.4. The molecule has 7 heteroatoms. The van der Waals surface area contributed by atoms with E-state index in [4.69, 9.17) is 4.74 Å². The smallest absolute Gasteiger partial charge is 0.338 e. The molecule has 0 aliphatic carbocycles. The number of carbonyl (C=O) groups is 1. The number of rotatable bonds is 6. The van der Waals surface area contributed by atoms with Gasteiger partial charge in [0.15, 0.2) is 0 Å². The van der Waals surface area contributed by atoms with Crippen molar-refractivity contribution in [3.05, 3.63) is 120 Å². The van der Waals surface area contributed by atoms with E-state index in [1.165, 1.54) is 11.1 Å². The van der Waals surface area contributed by atoms with Gasteiger partial charge >= 0.3 is 6.03 Å². The molecular formula is C34H33N5O2. The molecule has 1 saturated heterocycles. The standard InChI is InChI=1S/C34H33N5O2/c1-34(21-39(22-34)31(24-14-8-4-9-15-24)25-16-10-5-11-17-25)35-28-18-27-30(19-26(28)23-12-6-3-7-13-23)41-20-29-32(27)38(2)33(40)37-36-29/h3-19,31-32,35H,20-22H2,1-2H3,(H,37,40). The van der Waals surface area contributed by atoms with Crippen LogP contribution in [0.1, 0.15) is 35.7 Å². The molecule has 3 aliphatic rings. The van der Waals surface area contributed by atoms with Crippen LogP contribution < -0.4 is 15.5 Å². The average Bonchev–Trinajstić information content (AvgIpc) is 2.99. The monoisotopic (exact) mass is 543 g/mol. The Morgan fingerprint density at radius 3 is 2.17 bits per heavy atom. The minimum absolute atomic E-state index is 0.151. The van der Waals surface area contributed by atoms with Gasteiger partial charge in [-0.25, -0.2) is 10.2 Å². The summed E-state index contributed by atoms with van der Waals surface area (Å²) in [4.78, 5) is 16.7. The minimum atomic E-state index is -0.260. The number of fused-ring (bicyclic) bond motifs is 3. The van der Waals surface area contributed by atoms with Crippen LogP contribution in [-0.4, -0.2) is 53.8 Å². The van der Waals surface area contributed by atoms with Crippen LogP contribution in [0.15, 0.2) is 108 Å². The summed E-state index contributed by atoms with van der Waals surface area (Å²) < 4.78 is 6.17. The molecule has 0 bridgehead atoms. The summed E-state index contributed by atoms with van der Waals surface area (Å²) in [6.07, 6.45) is 0. The van der Waals surface area contributed by atoms with Gasteiger partial charge in [0.2, 0.25) is 0 Å². The van der Waals surface area contributed by atoms with Crippen molar-refractivity contribution in [1.29, 1.82) is 0 Å². The highest BCUT2D eigenvalue weighted by atomic mass is 16.5. The van der Waals surface area contributed by atoms with E-state index in [-0.39, 0.29) is 23.7 Å². The Kier molecular flexibility index (Phi) is 6.24. The summed E-state index contributed by atoms with van der Waals surface area (Å²) in [7, 11) is 1.81. The van der Waals surface area contributed by atoms with Gasteiger partial charge in [0.05, 0.1) is 11.6 Å². The van der Waals surface area contributed by atoms with E-state index >= 15 is 0 Å². The Hall–Kier alpha value is -4.62. The maximum absolute atomic E-state index is 12.5. The molecule has 3 heterocycles. The van der Waals surface area contributed by atoms with Crippen LogP contribution in [0.25, 0.3) is 11.1 Å². The lowest BCUT2D eigenvalue weighted by Gasteiger charge is -2.52. The number of hydrogen-bond acceptors (Lipinski definition) is 5. The maximum atomic E-state index is 12.5. The molecule has 7 nitrogen and oxygen atoms in total. The third-order valence-electron chi connectivity index (χ3n) is 8.36. The van der Waals surface area contributed by atoms with E-state index in [1.54, 1.807) is 11.9 Å².